The van der Waals surface area contributed by atoms with E-state index in [0.29, 0.717) is 6.54 Å². The minimum absolute atomic E-state index is 0.386. The summed E-state index contributed by atoms with van der Waals surface area (Å²) < 4.78 is 0. The maximum Gasteiger partial charge on any atom is 0.0714 e. The minimum Gasteiger partial charge on any atom is -0.320 e. The fraction of sp³-hybridized carbons (Fsp3) is 0.0833. The molecule has 0 atom stereocenters. The van der Waals surface area contributed by atoms with Crippen molar-refractivity contribution in [3.05, 3.63) is 42.1 Å². The summed E-state index contributed by atoms with van der Waals surface area (Å²) in [5.41, 5.74) is 7.29. The maximum atomic E-state index is 5.33. The second-order valence-corrected chi connectivity index (χ2v) is 2.88. The lowest BCUT2D eigenvalue weighted by atomic mass is 10.1. The third kappa shape index (κ3) is 1.59. The summed E-state index contributed by atoms with van der Waals surface area (Å²) >= 11 is 0. The Balaban J connectivity index is 2.65. The molecule has 1 aromatic heterocycles. The van der Waals surface area contributed by atoms with Crippen LogP contribution in [-0.2, 0) is 0 Å². The Morgan fingerprint density at radius 1 is 1.21 bits per heavy atom. The van der Waals surface area contributed by atoms with Crippen LogP contribution in [0.1, 0.15) is 5.56 Å². The van der Waals surface area contributed by atoms with Gasteiger partial charge in [-0.2, -0.15) is 0 Å². The van der Waals surface area contributed by atoms with E-state index in [1.54, 1.807) is 6.20 Å². The molecule has 0 saturated heterocycles. The molecule has 2 N–H and O–H groups in total. The Bertz CT molecular complexity index is 501. The summed E-state index contributed by atoms with van der Waals surface area (Å²) in [7, 11) is 0. The molecule has 0 amide bonds. The number of hydrogen-bond donors (Lipinski definition) is 1. The second kappa shape index (κ2) is 3.91. The Morgan fingerprint density at radius 3 is 3.00 bits per heavy atom. The van der Waals surface area contributed by atoms with Gasteiger partial charge in [0.25, 0.3) is 0 Å². The molecule has 1 heterocycles. The number of nitrogens with two attached hydrogens (primary N) is 1. The van der Waals surface area contributed by atoms with Gasteiger partial charge in [0, 0.05) is 17.1 Å². The first kappa shape index (κ1) is 8.74. The fourth-order valence-corrected chi connectivity index (χ4v) is 1.36. The summed E-state index contributed by atoms with van der Waals surface area (Å²) in [5, 5.41) is 1.08. The fourth-order valence-electron chi connectivity index (χ4n) is 1.36. The smallest absolute Gasteiger partial charge is 0.0714 e. The van der Waals surface area contributed by atoms with E-state index in [-0.39, 0.29) is 0 Å². The predicted molar refractivity (Wildman–Crippen MR) is 57.7 cm³/mol. The Labute approximate surface area is 82.8 Å². The molecule has 2 rings (SSSR count). The van der Waals surface area contributed by atoms with Crippen LogP contribution in [0.3, 0.4) is 0 Å². The van der Waals surface area contributed by atoms with Crippen LogP contribution in [0.25, 0.3) is 10.9 Å². The van der Waals surface area contributed by atoms with Crippen molar-refractivity contribution < 1.29 is 0 Å². The molecule has 0 aliphatic heterocycles. The summed E-state index contributed by atoms with van der Waals surface area (Å²) in [4.78, 5) is 4.25. The zero-order valence-corrected chi connectivity index (χ0v) is 7.70. The Kier molecular flexibility index (Phi) is 2.44. The number of hydrogen-bond acceptors (Lipinski definition) is 2. The highest BCUT2D eigenvalue weighted by atomic mass is 14.6. The lowest BCUT2D eigenvalue weighted by Crippen LogP contribution is -1.93. The van der Waals surface area contributed by atoms with E-state index in [9.17, 15) is 0 Å². The van der Waals surface area contributed by atoms with Crippen LogP contribution in [0, 0.1) is 11.8 Å². The molecule has 2 aromatic rings. The van der Waals surface area contributed by atoms with Gasteiger partial charge in [-0.1, -0.05) is 24.0 Å². The SMILES string of the molecule is NCC#Cc1cccc2ncccc12. The quantitative estimate of drug-likeness (QED) is 0.628. The Morgan fingerprint density at radius 2 is 2.14 bits per heavy atom. The first-order valence-corrected chi connectivity index (χ1v) is 4.44. The molecule has 0 fully saturated rings. The van der Waals surface area contributed by atoms with Gasteiger partial charge in [0.1, 0.15) is 0 Å². The van der Waals surface area contributed by atoms with E-state index >= 15 is 0 Å². The van der Waals surface area contributed by atoms with Gasteiger partial charge in [-0.05, 0) is 18.2 Å². The van der Waals surface area contributed by atoms with Crippen molar-refractivity contribution in [1.82, 2.24) is 4.98 Å². The molecule has 0 radical (unpaired) electrons. The average molecular weight is 182 g/mol. The van der Waals surface area contributed by atoms with Crippen LogP contribution in [0.2, 0.25) is 0 Å². The molecule has 68 valence electrons. The average Bonchev–Trinajstić information content (AvgIpc) is 2.26. The van der Waals surface area contributed by atoms with Crippen molar-refractivity contribution in [2.75, 3.05) is 6.54 Å². The molecule has 14 heavy (non-hydrogen) atoms. The molecule has 0 aliphatic rings. The first-order valence-electron chi connectivity index (χ1n) is 4.44. The zero-order valence-electron chi connectivity index (χ0n) is 7.70. The van der Waals surface area contributed by atoms with Crippen LogP contribution in [0.4, 0.5) is 0 Å². The highest BCUT2D eigenvalue weighted by Crippen LogP contribution is 2.14. The van der Waals surface area contributed by atoms with Crippen LogP contribution < -0.4 is 5.73 Å². The standard InChI is InChI=1S/C12H10N2/c13-8-2-5-10-4-1-7-12-11(10)6-3-9-14-12/h1,3-4,6-7,9H,8,13H2. The second-order valence-electron chi connectivity index (χ2n) is 2.88. The molecular weight excluding hydrogens is 172 g/mol. The van der Waals surface area contributed by atoms with Gasteiger partial charge in [-0.15, -0.1) is 0 Å². The normalized spacial score (nSPS) is 9.50. The van der Waals surface area contributed by atoms with E-state index in [1.807, 2.05) is 30.3 Å². The van der Waals surface area contributed by atoms with Crippen molar-refractivity contribution in [2.45, 2.75) is 0 Å². The Hall–Kier alpha value is -1.85. The molecule has 2 heteroatoms. The molecular formula is C12H10N2. The van der Waals surface area contributed by atoms with Crippen molar-refractivity contribution in [3.63, 3.8) is 0 Å². The van der Waals surface area contributed by atoms with Crippen molar-refractivity contribution in [2.24, 2.45) is 5.73 Å². The number of pyridine rings is 1. The van der Waals surface area contributed by atoms with Crippen LogP contribution in [-0.4, -0.2) is 11.5 Å². The van der Waals surface area contributed by atoms with Crippen molar-refractivity contribution >= 4 is 10.9 Å². The minimum atomic E-state index is 0.386. The number of fused-ring (bicyclic) bond motifs is 1. The topological polar surface area (TPSA) is 38.9 Å². The van der Waals surface area contributed by atoms with Crippen molar-refractivity contribution in [1.29, 1.82) is 0 Å². The van der Waals surface area contributed by atoms with E-state index in [1.165, 1.54) is 0 Å². The summed E-state index contributed by atoms with van der Waals surface area (Å²) in [6.07, 6.45) is 1.78. The third-order valence-electron chi connectivity index (χ3n) is 1.97. The van der Waals surface area contributed by atoms with Crippen LogP contribution in [0.15, 0.2) is 36.5 Å². The molecule has 0 aliphatic carbocycles. The van der Waals surface area contributed by atoms with E-state index in [2.05, 4.69) is 16.8 Å². The molecule has 0 saturated carbocycles. The van der Waals surface area contributed by atoms with Gasteiger partial charge < -0.3 is 5.73 Å². The van der Waals surface area contributed by atoms with E-state index in [0.717, 1.165) is 16.5 Å². The third-order valence-corrected chi connectivity index (χ3v) is 1.97. The predicted octanol–water partition coefficient (Wildman–Crippen LogP) is 1.54. The van der Waals surface area contributed by atoms with Gasteiger partial charge in [0.15, 0.2) is 0 Å². The molecule has 1 aromatic carbocycles. The summed E-state index contributed by atoms with van der Waals surface area (Å²) in [6.45, 7) is 0.386. The van der Waals surface area contributed by atoms with Gasteiger partial charge in [-0.25, -0.2) is 0 Å². The van der Waals surface area contributed by atoms with Crippen LogP contribution >= 0.6 is 0 Å². The summed E-state index contributed by atoms with van der Waals surface area (Å²) in [6, 6.07) is 9.84. The van der Waals surface area contributed by atoms with Gasteiger partial charge >= 0.3 is 0 Å². The van der Waals surface area contributed by atoms with E-state index < -0.39 is 0 Å². The number of nitrogens with zero attached hydrogens (tertiary/aromatic N) is 1. The highest BCUT2D eigenvalue weighted by Gasteiger charge is 1.96. The lowest BCUT2D eigenvalue weighted by molar-refractivity contribution is 1.30. The first-order chi connectivity index (χ1) is 6.92. The lowest BCUT2D eigenvalue weighted by Gasteiger charge is -1.97. The molecule has 0 unspecified atom stereocenters. The molecule has 2 nitrogen and oxygen atoms in total. The molecule has 0 spiro atoms. The zero-order chi connectivity index (χ0) is 9.80. The number of benzene rings is 1. The van der Waals surface area contributed by atoms with Gasteiger partial charge in [0.2, 0.25) is 0 Å². The van der Waals surface area contributed by atoms with Crippen LogP contribution in [0.5, 0.6) is 0 Å². The van der Waals surface area contributed by atoms with Gasteiger partial charge in [0.05, 0.1) is 12.1 Å². The highest BCUT2D eigenvalue weighted by molar-refractivity contribution is 5.84. The maximum absolute atomic E-state index is 5.33. The van der Waals surface area contributed by atoms with E-state index in [4.69, 9.17) is 5.73 Å². The largest absolute Gasteiger partial charge is 0.320 e. The van der Waals surface area contributed by atoms with Crippen molar-refractivity contribution in [3.8, 4) is 11.8 Å². The monoisotopic (exact) mass is 182 g/mol. The number of rotatable bonds is 0. The molecule has 0 bridgehead atoms. The van der Waals surface area contributed by atoms with Gasteiger partial charge in [-0.3, -0.25) is 4.98 Å². The number of aromatic nitrogens is 1. The summed E-state index contributed by atoms with van der Waals surface area (Å²) in [5.74, 6) is 5.88.